The number of urea groups is 2. The fraction of sp³-hybridized carbons (Fsp3) is 0.250. The molecule has 0 spiro atoms. The van der Waals surface area contributed by atoms with E-state index in [0.717, 1.165) is 17.2 Å². The van der Waals surface area contributed by atoms with Crippen LogP contribution in [0.25, 0.3) is 0 Å². The van der Waals surface area contributed by atoms with Gasteiger partial charge in [0, 0.05) is 19.7 Å². The predicted molar refractivity (Wildman–Crippen MR) is 81.0 cm³/mol. The van der Waals surface area contributed by atoms with Gasteiger partial charge in [0.25, 0.3) is 5.91 Å². The standard InChI is InChI=1S/C12H16ClN5O5/c1-3-8(19)10(21)7(13)6-9(20)14-15-11(22)16-18-5-4-17(2)12(18)23/h3,6,19,21H,1,4-5H2,2H3,(H,14,20)(H2,15,16,22)/b7-6-,10-8-. The van der Waals surface area contributed by atoms with E-state index in [1.54, 1.807) is 7.05 Å². The maximum absolute atomic E-state index is 11.5. The number of halogens is 1. The van der Waals surface area contributed by atoms with Gasteiger partial charge in [0.1, 0.15) is 0 Å². The molecule has 1 rings (SSSR count). The van der Waals surface area contributed by atoms with Crippen molar-refractivity contribution in [3.63, 3.8) is 0 Å². The number of aliphatic hydroxyl groups excluding tert-OH is 2. The molecule has 0 aliphatic carbocycles. The molecule has 1 heterocycles. The average molecular weight is 346 g/mol. The second-order valence-electron chi connectivity index (χ2n) is 4.34. The summed E-state index contributed by atoms with van der Waals surface area (Å²) in [5, 5.41) is 19.2. The fourth-order valence-corrected chi connectivity index (χ4v) is 1.65. The highest BCUT2D eigenvalue weighted by atomic mass is 35.5. The van der Waals surface area contributed by atoms with E-state index in [4.69, 9.17) is 16.7 Å². The maximum Gasteiger partial charge on any atom is 0.352 e. The molecule has 1 saturated heterocycles. The molecule has 0 aromatic carbocycles. The largest absolute Gasteiger partial charge is 0.504 e. The molecule has 5 N–H and O–H groups in total. The molecule has 11 heteroatoms. The minimum Gasteiger partial charge on any atom is -0.504 e. The second-order valence-corrected chi connectivity index (χ2v) is 4.75. The lowest BCUT2D eigenvalue weighted by Gasteiger charge is -2.17. The molecular weight excluding hydrogens is 330 g/mol. The van der Waals surface area contributed by atoms with Gasteiger partial charge in [0.15, 0.2) is 11.5 Å². The van der Waals surface area contributed by atoms with Gasteiger partial charge in [-0.1, -0.05) is 18.2 Å². The van der Waals surface area contributed by atoms with Crippen molar-refractivity contribution in [1.29, 1.82) is 0 Å². The predicted octanol–water partition coefficient (Wildman–Crippen LogP) is 0.236. The highest BCUT2D eigenvalue weighted by molar-refractivity contribution is 6.33. The van der Waals surface area contributed by atoms with Gasteiger partial charge < -0.3 is 15.1 Å². The summed E-state index contributed by atoms with van der Waals surface area (Å²) >= 11 is 5.59. The van der Waals surface area contributed by atoms with Gasteiger partial charge in [0.05, 0.1) is 11.6 Å². The average Bonchev–Trinajstić information content (AvgIpc) is 2.83. The van der Waals surface area contributed by atoms with Crippen LogP contribution in [-0.2, 0) is 4.79 Å². The number of amides is 5. The molecule has 23 heavy (non-hydrogen) atoms. The van der Waals surface area contributed by atoms with Crippen molar-refractivity contribution in [2.24, 2.45) is 0 Å². The summed E-state index contributed by atoms with van der Waals surface area (Å²) in [6.45, 7) is 3.98. The molecule has 0 unspecified atom stereocenters. The van der Waals surface area contributed by atoms with Crippen LogP contribution >= 0.6 is 11.6 Å². The molecule has 0 aromatic rings. The van der Waals surface area contributed by atoms with Crippen molar-refractivity contribution in [3.8, 4) is 0 Å². The molecule has 126 valence electrons. The Morgan fingerprint density at radius 1 is 1.30 bits per heavy atom. The van der Waals surface area contributed by atoms with Gasteiger partial charge in [-0.3, -0.25) is 10.2 Å². The van der Waals surface area contributed by atoms with Crippen LogP contribution in [0.1, 0.15) is 0 Å². The first kappa shape index (κ1) is 18.2. The Morgan fingerprint density at radius 2 is 1.96 bits per heavy atom. The number of hydrogen-bond donors (Lipinski definition) is 5. The Bertz CT molecular complexity index is 588. The van der Waals surface area contributed by atoms with E-state index >= 15 is 0 Å². The summed E-state index contributed by atoms with van der Waals surface area (Å²) in [6.07, 6.45) is 1.66. The van der Waals surface area contributed by atoms with Crippen LogP contribution in [0.4, 0.5) is 9.59 Å². The first-order valence-electron chi connectivity index (χ1n) is 6.27. The highest BCUT2D eigenvalue weighted by Crippen LogP contribution is 2.14. The van der Waals surface area contributed by atoms with Crippen LogP contribution in [0, 0.1) is 0 Å². The van der Waals surface area contributed by atoms with E-state index in [-0.39, 0.29) is 6.03 Å². The Labute approximate surface area is 136 Å². The molecule has 0 atom stereocenters. The van der Waals surface area contributed by atoms with Gasteiger partial charge in [-0.15, -0.1) is 0 Å². The molecule has 0 radical (unpaired) electrons. The number of allylic oxidation sites excluding steroid dienone is 2. The highest BCUT2D eigenvalue weighted by Gasteiger charge is 2.26. The van der Waals surface area contributed by atoms with Crippen LogP contribution in [0.5, 0.6) is 0 Å². The SMILES string of the molecule is C=C/C(O)=C(O)\C(Cl)=C\C(=O)NNC(=O)NN1CCN(C)C1=O. The number of likely N-dealkylation sites (N-methyl/N-ethyl adjacent to an activating group) is 1. The van der Waals surface area contributed by atoms with E-state index in [1.165, 1.54) is 4.90 Å². The van der Waals surface area contributed by atoms with E-state index in [0.29, 0.717) is 13.1 Å². The van der Waals surface area contributed by atoms with E-state index in [2.05, 4.69) is 12.0 Å². The zero-order valence-electron chi connectivity index (χ0n) is 12.2. The molecule has 10 nitrogen and oxygen atoms in total. The van der Waals surface area contributed by atoms with Crippen LogP contribution in [0.3, 0.4) is 0 Å². The topological polar surface area (TPSA) is 134 Å². The number of carbonyl (C=O) groups is 3. The van der Waals surface area contributed by atoms with Gasteiger partial charge in [-0.25, -0.2) is 25.4 Å². The molecule has 0 aromatic heterocycles. The molecule has 1 aliphatic rings. The number of nitrogens with one attached hydrogen (secondary N) is 3. The number of rotatable bonds is 4. The Morgan fingerprint density at radius 3 is 2.48 bits per heavy atom. The second kappa shape index (κ2) is 7.94. The van der Waals surface area contributed by atoms with Crippen LogP contribution in [0.15, 0.2) is 35.3 Å². The number of carbonyl (C=O) groups excluding carboxylic acids is 3. The molecule has 0 bridgehead atoms. The number of hydrazine groups is 2. The van der Waals surface area contributed by atoms with E-state index in [9.17, 15) is 19.5 Å². The Hall–Kier alpha value is -2.88. The third-order valence-corrected chi connectivity index (χ3v) is 2.96. The Kier molecular flexibility index (Phi) is 6.27. The molecule has 1 aliphatic heterocycles. The number of aliphatic hydroxyl groups is 2. The zero-order valence-corrected chi connectivity index (χ0v) is 12.9. The van der Waals surface area contributed by atoms with E-state index in [1.807, 2.05) is 10.9 Å². The zero-order chi connectivity index (χ0) is 17.6. The summed E-state index contributed by atoms with van der Waals surface area (Å²) < 4.78 is 0. The van der Waals surface area contributed by atoms with Crippen molar-refractivity contribution < 1.29 is 24.6 Å². The van der Waals surface area contributed by atoms with Crippen molar-refractivity contribution in [2.75, 3.05) is 20.1 Å². The van der Waals surface area contributed by atoms with Gasteiger partial charge in [-0.2, -0.15) is 0 Å². The monoisotopic (exact) mass is 345 g/mol. The molecule has 1 fully saturated rings. The lowest BCUT2D eigenvalue weighted by atomic mass is 10.3. The molecule has 5 amide bonds. The van der Waals surface area contributed by atoms with Gasteiger partial charge in [-0.05, 0) is 6.08 Å². The number of nitrogens with zero attached hydrogens (tertiary/aromatic N) is 2. The quantitative estimate of drug-likeness (QED) is 0.215. The summed E-state index contributed by atoms with van der Waals surface area (Å²) in [5.41, 5.74) is 6.19. The third-order valence-electron chi connectivity index (χ3n) is 2.67. The minimum atomic E-state index is -0.876. The van der Waals surface area contributed by atoms with Crippen molar-refractivity contribution in [2.45, 2.75) is 0 Å². The van der Waals surface area contributed by atoms with Crippen LogP contribution in [-0.4, -0.2) is 58.2 Å². The van der Waals surface area contributed by atoms with Gasteiger partial charge >= 0.3 is 12.1 Å². The molecule has 0 saturated carbocycles. The van der Waals surface area contributed by atoms with Crippen LogP contribution < -0.4 is 16.3 Å². The van der Waals surface area contributed by atoms with Crippen molar-refractivity contribution >= 4 is 29.6 Å². The fourth-order valence-electron chi connectivity index (χ4n) is 1.46. The minimum absolute atomic E-state index is 0.307. The van der Waals surface area contributed by atoms with E-state index < -0.39 is 28.5 Å². The number of hydrogen-bond acceptors (Lipinski definition) is 5. The summed E-state index contributed by atoms with van der Waals surface area (Å²) in [6, 6.07) is -1.23. The Balaban J connectivity index is 2.48. The summed E-state index contributed by atoms with van der Waals surface area (Å²) in [7, 11) is 1.58. The summed E-state index contributed by atoms with van der Waals surface area (Å²) in [5.74, 6) is -2.23. The maximum atomic E-state index is 11.5. The smallest absolute Gasteiger partial charge is 0.352 e. The third kappa shape index (κ3) is 5.11. The first-order valence-corrected chi connectivity index (χ1v) is 6.65. The van der Waals surface area contributed by atoms with Gasteiger partial charge in [0.2, 0.25) is 0 Å². The van der Waals surface area contributed by atoms with Crippen molar-refractivity contribution in [3.05, 3.63) is 35.3 Å². The van der Waals surface area contributed by atoms with Crippen molar-refractivity contribution in [1.82, 2.24) is 26.2 Å². The first-order chi connectivity index (χ1) is 10.8. The lowest BCUT2D eigenvalue weighted by Crippen LogP contribution is -2.53. The summed E-state index contributed by atoms with van der Waals surface area (Å²) in [4.78, 5) is 35.9. The van der Waals surface area contributed by atoms with Crippen LogP contribution in [0.2, 0.25) is 0 Å². The molecular formula is C12H16ClN5O5. The normalized spacial score (nSPS) is 15.9. The lowest BCUT2D eigenvalue weighted by molar-refractivity contribution is -0.117.